The fraction of sp³-hybridized carbons (Fsp3) is 0.440. The lowest BCUT2D eigenvalue weighted by atomic mass is 9.65. The van der Waals surface area contributed by atoms with Gasteiger partial charge in [0.25, 0.3) is 0 Å². The highest BCUT2D eigenvalue weighted by Gasteiger charge is 2.60. The summed E-state index contributed by atoms with van der Waals surface area (Å²) in [6.45, 7) is 4.01. The first-order chi connectivity index (χ1) is 14.4. The third kappa shape index (κ3) is 2.70. The summed E-state index contributed by atoms with van der Waals surface area (Å²) in [7, 11) is 1.81. The third-order valence-corrected chi connectivity index (χ3v) is 7.96. The topological polar surface area (TPSA) is 60.0 Å². The quantitative estimate of drug-likeness (QED) is 0.702. The summed E-state index contributed by atoms with van der Waals surface area (Å²) in [6.07, 6.45) is 5.45. The number of nitrogens with zero attached hydrogens (tertiary/aromatic N) is 2. The van der Waals surface area contributed by atoms with Crippen LogP contribution in [0.1, 0.15) is 49.3 Å². The number of ether oxygens (including phenoxy) is 1. The minimum Gasteiger partial charge on any atom is -0.382 e. The number of amidine groups is 1. The molecule has 30 heavy (non-hydrogen) atoms. The van der Waals surface area contributed by atoms with Gasteiger partial charge in [-0.25, -0.2) is 4.99 Å². The largest absolute Gasteiger partial charge is 0.382 e. The molecule has 0 radical (unpaired) electrons. The number of fused-ring (bicyclic) bond motifs is 3. The van der Waals surface area contributed by atoms with Crippen molar-refractivity contribution in [2.24, 2.45) is 21.1 Å². The summed E-state index contributed by atoms with van der Waals surface area (Å²) in [5.74, 6) is 0.565. The van der Waals surface area contributed by atoms with Gasteiger partial charge in [0.2, 0.25) is 0 Å². The maximum Gasteiger partial charge on any atom is 0.184 e. The van der Waals surface area contributed by atoms with Crippen LogP contribution in [-0.4, -0.2) is 24.8 Å². The molecule has 0 aromatic heterocycles. The molecule has 1 unspecified atom stereocenters. The Balaban J connectivity index is 1.67. The smallest absolute Gasteiger partial charge is 0.184 e. The molecule has 2 aliphatic carbocycles. The van der Waals surface area contributed by atoms with Gasteiger partial charge in [0, 0.05) is 23.7 Å². The molecule has 0 amide bonds. The second-order valence-corrected chi connectivity index (χ2v) is 9.44. The Labute approximate surface area is 183 Å². The average molecular weight is 422 g/mol. The monoisotopic (exact) mass is 421 g/mol. The number of methoxy groups -OCH3 is 1. The van der Waals surface area contributed by atoms with E-state index in [0.717, 1.165) is 59.5 Å². The molecule has 3 aliphatic rings. The van der Waals surface area contributed by atoms with Gasteiger partial charge >= 0.3 is 0 Å². The van der Waals surface area contributed by atoms with Crippen molar-refractivity contribution in [3.05, 3.63) is 58.1 Å². The summed E-state index contributed by atoms with van der Waals surface area (Å²) in [6, 6.07) is 12.9. The molecule has 5 heteroatoms. The number of halogens is 1. The highest BCUT2D eigenvalue weighted by atomic mass is 35.5. The van der Waals surface area contributed by atoms with Crippen LogP contribution in [0.25, 0.3) is 11.1 Å². The van der Waals surface area contributed by atoms with Crippen molar-refractivity contribution in [3.8, 4) is 11.1 Å². The number of rotatable bonds is 2. The van der Waals surface area contributed by atoms with Gasteiger partial charge in [-0.2, -0.15) is 0 Å². The minimum absolute atomic E-state index is 0.0399. The van der Waals surface area contributed by atoms with Crippen LogP contribution in [0.3, 0.4) is 0 Å². The zero-order valence-corrected chi connectivity index (χ0v) is 18.6. The van der Waals surface area contributed by atoms with Gasteiger partial charge in [-0.3, -0.25) is 4.99 Å². The number of hydrogen-bond donors (Lipinski definition) is 1. The minimum atomic E-state index is -0.623. The standard InChI is InChI=1S/C25H28ClN3O/c1-15-5-4-6-20(22(15)26)17-7-8-18-14-24(11-9-19(30-3)10-12-24)25(21(18)13-17)28-16(2)23(27)29-25/h4-8,13,19H,9-12,14H2,1-3H3,(H2,27,29)/t19-,24-,25?. The van der Waals surface area contributed by atoms with Crippen LogP contribution in [0.4, 0.5) is 0 Å². The van der Waals surface area contributed by atoms with Gasteiger partial charge in [-0.1, -0.05) is 41.9 Å². The van der Waals surface area contributed by atoms with Crippen molar-refractivity contribution in [2.75, 3.05) is 7.11 Å². The Morgan fingerprint density at radius 2 is 1.87 bits per heavy atom. The average Bonchev–Trinajstić information content (AvgIpc) is 3.18. The van der Waals surface area contributed by atoms with E-state index in [-0.39, 0.29) is 5.41 Å². The van der Waals surface area contributed by atoms with E-state index in [4.69, 9.17) is 32.1 Å². The first-order valence-electron chi connectivity index (χ1n) is 10.7. The van der Waals surface area contributed by atoms with E-state index >= 15 is 0 Å². The van der Waals surface area contributed by atoms with E-state index in [1.165, 1.54) is 11.1 Å². The summed E-state index contributed by atoms with van der Waals surface area (Å²) in [5.41, 5.74) is 12.2. The van der Waals surface area contributed by atoms with Crippen molar-refractivity contribution in [3.63, 3.8) is 0 Å². The molecule has 2 spiro atoms. The molecule has 1 atom stereocenters. The lowest BCUT2D eigenvalue weighted by molar-refractivity contribution is -0.000372. The first kappa shape index (κ1) is 19.8. The zero-order chi connectivity index (χ0) is 21.1. The van der Waals surface area contributed by atoms with Crippen LogP contribution >= 0.6 is 11.6 Å². The molecule has 156 valence electrons. The van der Waals surface area contributed by atoms with Crippen molar-refractivity contribution in [2.45, 2.75) is 57.7 Å². The second kappa shape index (κ2) is 6.93. The van der Waals surface area contributed by atoms with Gasteiger partial charge in [-0.15, -0.1) is 0 Å². The van der Waals surface area contributed by atoms with Gasteiger partial charge in [0.05, 0.1) is 16.8 Å². The van der Waals surface area contributed by atoms with E-state index in [1.54, 1.807) is 0 Å². The zero-order valence-electron chi connectivity index (χ0n) is 17.8. The molecular weight excluding hydrogens is 394 g/mol. The Bertz CT molecular complexity index is 1060. The summed E-state index contributed by atoms with van der Waals surface area (Å²) < 4.78 is 5.65. The first-order valence-corrected chi connectivity index (χ1v) is 11.1. The maximum atomic E-state index is 6.66. The summed E-state index contributed by atoms with van der Waals surface area (Å²) in [5, 5.41) is 0.800. The highest BCUT2D eigenvalue weighted by Crippen LogP contribution is 2.62. The van der Waals surface area contributed by atoms with Crippen LogP contribution < -0.4 is 5.73 Å². The fourth-order valence-corrected chi connectivity index (χ4v) is 5.94. The highest BCUT2D eigenvalue weighted by molar-refractivity contribution is 6.41. The molecule has 2 aromatic carbocycles. The van der Waals surface area contributed by atoms with E-state index < -0.39 is 5.66 Å². The van der Waals surface area contributed by atoms with Gasteiger partial charge in [-0.05, 0) is 68.7 Å². The van der Waals surface area contributed by atoms with E-state index in [1.807, 2.05) is 27.0 Å². The van der Waals surface area contributed by atoms with Crippen LogP contribution in [0, 0.1) is 12.3 Å². The number of nitrogens with two attached hydrogens (primary N) is 1. The van der Waals surface area contributed by atoms with Crippen molar-refractivity contribution >= 4 is 23.1 Å². The predicted molar refractivity (Wildman–Crippen MR) is 123 cm³/mol. The Morgan fingerprint density at radius 3 is 2.53 bits per heavy atom. The van der Waals surface area contributed by atoms with Gasteiger partial charge in [0.15, 0.2) is 5.66 Å². The van der Waals surface area contributed by atoms with Crippen LogP contribution in [-0.2, 0) is 16.8 Å². The molecular formula is C25H28ClN3O. The fourth-order valence-electron chi connectivity index (χ4n) is 5.71. The molecule has 0 saturated heterocycles. The van der Waals surface area contributed by atoms with E-state index in [0.29, 0.717) is 11.9 Å². The van der Waals surface area contributed by atoms with Crippen LogP contribution in [0.5, 0.6) is 0 Å². The lowest BCUT2D eigenvalue weighted by Crippen LogP contribution is -2.43. The lowest BCUT2D eigenvalue weighted by Gasteiger charge is -2.44. The van der Waals surface area contributed by atoms with Gasteiger partial charge < -0.3 is 10.5 Å². The van der Waals surface area contributed by atoms with E-state index in [2.05, 4.69) is 30.3 Å². The maximum absolute atomic E-state index is 6.66. The molecule has 0 bridgehead atoms. The molecule has 5 rings (SSSR count). The molecule has 2 N–H and O–H groups in total. The molecule has 1 heterocycles. The van der Waals surface area contributed by atoms with Crippen molar-refractivity contribution in [1.29, 1.82) is 0 Å². The Hall–Kier alpha value is -2.17. The molecule has 1 aliphatic heterocycles. The number of hydrogen-bond acceptors (Lipinski definition) is 4. The molecule has 4 nitrogen and oxygen atoms in total. The number of aliphatic imine (C=N–C) groups is 2. The summed E-state index contributed by atoms with van der Waals surface area (Å²) in [4.78, 5) is 10.2. The predicted octanol–water partition coefficient (Wildman–Crippen LogP) is 5.43. The molecule has 1 saturated carbocycles. The van der Waals surface area contributed by atoms with E-state index in [9.17, 15) is 0 Å². The van der Waals surface area contributed by atoms with Crippen molar-refractivity contribution in [1.82, 2.24) is 0 Å². The summed E-state index contributed by atoms with van der Waals surface area (Å²) >= 11 is 6.66. The van der Waals surface area contributed by atoms with Crippen LogP contribution in [0.2, 0.25) is 5.02 Å². The normalized spacial score (nSPS) is 29.9. The second-order valence-electron chi connectivity index (χ2n) is 9.07. The number of benzene rings is 2. The van der Waals surface area contributed by atoms with Gasteiger partial charge in [0.1, 0.15) is 5.84 Å². The van der Waals surface area contributed by atoms with Crippen molar-refractivity contribution < 1.29 is 4.74 Å². The Kier molecular flexibility index (Phi) is 4.57. The number of aryl methyl sites for hydroxylation is 1. The molecule has 1 fully saturated rings. The Morgan fingerprint density at radius 1 is 1.10 bits per heavy atom. The third-order valence-electron chi connectivity index (χ3n) is 7.46. The van der Waals surface area contributed by atoms with Crippen LogP contribution in [0.15, 0.2) is 46.4 Å². The molecule has 2 aromatic rings. The SMILES string of the molecule is CO[C@H]1CC[C@]2(CC1)Cc1ccc(-c3cccc(C)c3Cl)cc1C21N=C(C)C(N)=N1.